The maximum absolute atomic E-state index is 4.57. The van der Waals surface area contributed by atoms with Gasteiger partial charge in [0.1, 0.15) is 0 Å². The van der Waals surface area contributed by atoms with Gasteiger partial charge in [0.25, 0.3) is 0 Å². The molecule has 0 N–H and O–H groups in total. The number of hydrogen-bond acceptors (Lipinski definition) is 1. The van der Waals surface area contributed by atoms with E-state index in [2.05, 4.69) is 50.0 Å². The number of benzene rings is 2. The van der Waals surface area contributed by atoms with Crippen LogP contribution in [0.1, 0.15) is 26.3 Å². The Morgan fingerprint density at radius 3 is 2.70 bits per heavy atom. The molecule has 0 spiro atoms. The van der Waals surface area contributed by atoms with Crippen LogP contribution in [0.5, 0.6) is 0 Å². The first-order valence-corrected chi connectivity index (χ1v) is 6.72. The summed E-state index contributed by atoms with van der Waals surface area (Å²) >= 11 is 0. The molecule has 0 atom stereocenters. The molecule has 3 aromatic rings. The Kier molecular flexibility index (Phi) is 4.27. The summed E-state index contributed by atoms with van der Waals surface area (Å²) in [5.74, 6) is 0. The van der Waals surface area contributed by atoms with Crippen molar-refractivity contribution in [2.24, 2.45) is 5.41 Å². The first kappa shape index (κ1) is 15.2. The summed E-state index contributed by atoms with van der Waals surface area (Å²) in [5, 5.41) is 3.61. The largest absolute Gasteiger partial charge is 0.304 e. The molecule has 0 unspecified atom stereocenters. The minimum atomic E-state index is 0. The molecule has 0 aliphatic heterocycles. The van der Waals surface area contributed by atoms with Crippen LogP contribution in [0.4, 0.5) is 0 Å². The second kappa shape index (κ2) is 5.63. The van der Waals surface area contributed by atoms with Gasteiger partial charge in [-0.3, -0.25) is 0 Å². The zero-order valence-electron chi connectivity index (χ0n) is 12.0. The monoisotopic (exact) mass is 441 g/mol. The van der Waals surface area contributed by atoms with Crippen molar-refractivity contribution in [3.05, 3.63) is 54.2 Å². The van der Waals surface area contributed by atoms with Crippen molar-refractivity contribution < 1.29 is 20.1 Å². The van der Waals surface area contributed by atoms with E-state index in [9.17, 15) is 0 Å². The summed E-state index contributed by atoms with van der Waals surface area (Å²) in [5.41, 5.74) is 2.72. The number of fused-ring (bicyclic) bond motifs is 3. The van der Waals surface area contributed by atoms with Gasteiger partial charge in [-0.15, -0.1) is 35.0 Å². The number of nitrogens with zero attached hydrogens (tertiary/aromatic N) is 1. The van der Waals surface area contributed by atoms with Gasteiger partial charge >= 0.3 is 0 Å². The van der Waals surface area contributed by atoms with Crippen LogP contribution >= 0.6 is 0 Å². The Labute approximate surface area is 133 Å². The van der Waals surface area contributed by atoms with Crippen LogP contribution in [0.15, 0.2) is 42.6 Å². The van der Waals surface area contributed by atoms with E-state index < -0.39 is 0 Å². The predicted molar refractivity (Wildman–Crippen MR) is 81.2 cm³/mol. The van der Waals surface area contributed by atoms with Gasteiger partial charge in [-0.2, -0.15) is 0 Å². The molecule has 105 valence electrons. The van der Waals surface area contributed by atoms with Crippen LogP contribution in [0.2, 0.25) is 0 Å². The first-order valence-electron chi connectivity index (χ1n) is 6.72. The van der Waals surface area contributed by atoms with Gasteiger partial charge in [-0.05, 0) is 28.8 Å². The van der Waals surface area contributed by atoms with E-state index in [1.807, 2.05) is 24.4 Å². The molecular formula is C18H18IrN-. The molecule has 2 aromatic carbocycles. The molecule has 2 heteroatoms. The van der Waals surface area contributed by atoms with Crippen molar-refractivity contribution in [2.75, 3.05) is 0 Å². The van der Waals surface area contributed by atoms with E-state index in [0.717, 1.165) is 17.3 Å². The normalized spacial score (nSPS) is 11.6. The van der Waals surface area contributed by atoms with Crippen LogP contribution < -0.4 is 0 Å². The van der Waals surface area contributed by atoms with E-state index >= 15 is 0 Å². The van der Waals surface area contributed by atoms with Crippen molar-refractivity contribution >= 4 is 21.7 Å². The summed E-state index contributed by atoms with van der Waals surface area (Å²) in [6.07, 6.45) is 2.92. The van der Waals surface area contributed by atoms with Gasteiger partial charge in [0.2, 0.25) is 0 Å². The standard InChI is InChI=1S/C18H18N.Ir/c1-18(2,3)12-14-11-13-7-4-5-8-15(13)17-16(14)9-6-10-19-17;/h4-7,9-11H,12H2,1-3H3;/q-1;. The van der Waals surface area contributed by atoms with E-state index in [0.29, 0.717) is 0 Å². The van der Waals surface area contributed by atoms with Gasteiger partial charge in [-0.1, -0.05) is 38.5 Å². The Bertz CT molecular complexity index is 741. The van der Waals surface area contributed by atoms with Crippen LogP contribution in [0.3, 0.4) is 0 Å². The molecule has 3 rings (SSSR count). The molecular weight excluding hydrogens is 422 g/mol. The number of aromatic nitrogens is 1. The molecule has 1 aromatic heterocycles. The molecule has 20 heavy (non-hydrogen) atoms. The van der Waals surface area contributed by atoms with Gasteiger partial charge in [0.05, 0.1) is 0 Å². The zero-order chi connectivity index (χ0) is 13.5. The van der Waals surface area contributed by atoms with E-state index in [4.69, 9.17) is 0 Å². The molecule has 0 saturated heterocycles. The van der Waals surface area contributed by atoms with Crippen molar-refractivity contribution in [3.8, 4) is 0 Å². The second-order valence-electron chi connectivity index (χ2n) is 6.31. The number of pyridine rings is 1. The summed E-state index contributed by atoms with van der Waals surface area (Å²) in [6.45, 7) is 6.82. The van der Waals surface area contributed by atoms with Gasteiger partial charge in [0.15, 0.2) is 0 Å². The summed E-state index contributed by atoms with van der Waals surface area (Å²) in [4.78, 5) is 4.57. The maximum atomic E-state index is 4.57. The van der Waals surface area contributed by atoms with E-state index in [1.54, 1.807) is 0 Å². The minimum absolute atomic E-state index is 0. The Hall–Kier alpha value is -1.24. The maximum Gasteiger partial charge on any atom is 0.0161 e. The predicted octanol–water partition coefficient (Wildman–Crippen LogP) is 4.77. The Morgan fingerprint density at radius 2 is 1.95 bits per heavy atom. The van der Waals surface area contributed by atoms with Crippen molar-refractivity contribution in [1.29, 1.82) is 0 Å². The molecule has 1 heterocycles. The second-order valence-corrected chi connectivity index (χ2v) is 6.31. The fourth-order valence-electron chi connectivity index (χ4n) is 2.62. The Balaban J connectivity index is 0.00000147. The van der Waals surface area contributed by atoms with E-state index in [-0.39, 0.29) is 25.5 Å². The van der Waals surface area contributed by atoms with Crippen LogP contribution in [-0.2, 0) is 26.5 Å². The third-order valence-electron chi connectivity index (χ3n) is 3.33. The average molecular weight is 441 g/mol. The van der Waals surface area contributed by atoms with E-state index in [1.165, 1.54) is 16.3 Å². The summed E-state index contributed by atoms with van der Waals surface area (Å²) in [6, 6.07) is 15.9. The molecule has 1 radical (unpaired) electrons. The summed E-state index contributed by atoms with van der Waals surface area (Å²) in [7, 11) is 0. The SMILES string of the molecule is CC(C)(C)Cc1cc2ccc[c-]c2c2ncccc12.[Ir]. The first-order chi connectivity index (χ1) is 9.04. The molecule has 0 amide bonds. The van der Waals surface area contributed by atoms with Crippen molar-refractivity contribution in [1.82, 2.24) is 4.98 Å². The molecule has 0 fully saturated rings. The third kappa shape index (κ3) is 2.92. The van der Waals surface area contributed by atoms with Gasteiger partial charge < -0.3 is 4.98 Å². The topological polar surface area (TPSA) is 12.9 Å². The van der Waals surface area contributed by atoms with Crippen LogP contribution in [0, 0.1) is 11.5 Å². The molecule has 0 aliphatic rings. The Morgan fingerprint density at radius 1 is 1.15 bits per heavy atom. The fraction of sp³-hybridized carbons (Fsp3) is 0.278. The minimum Gasteiger partial charge on any atom is -0.304 e. The van der Waals surface area contributed by atoms with Crippen LogP contribution in [0.25, 0.3) is 21.7 Å². The quantitative estimate of drug-likeness (QED) is 0.392. The molecule has 0 aliphatic carbocycles. The van der Waals surface area contributed by atoms with Crippen molar-refractivity contribution in [3.63, 3.8) is 0 Å². The van der Waals surface area contributed by atoms with Gasteiger partial charge in [-0.25, -0.2) is 0 Å². The van der Waals surface area contributed by atoms with Crippen molar-refractivity contribution in [2.45, 2.75) is 27.2 Å². The number of rotatable bonds is 1. The number of hydrogen-bond donors (Lipinski definition) is 0. The summed E-state index contributed by atoms with van der Waals surface area (Å²) < 4.78 is 0. The molecule has 1 nitrogen and oxygen atoms in total. The average Bonchev–Trinajstić information content (AvgIpc) is 2.37. The zero-order valence-corrected chi connectivity index (χ0v) is 14.4. The van der Waals surface area contributed by atoms with Gasteiger partial charge in [0, 0.05) is 26.3 Å². The molecule has 0 saturated carbocycles. The molecule has 0 bridgehead atoms. The smallest absolute Gasteiger partial charge is 0.0161 e. The van der Waals surface area contributed by atoms with Crippen LogP contribution in [-0.4, -0.2) is 4.98 Å². The third-order valence-corrected chi connectivity index (χ3v) is 3.33. The fourth-order valence-corrected chi connectivity index (χ4v) is 2.62.